The van der Waals surface area contributed by atoms with Gasteiger partial charge in [-0.05, 0) is 44.8 Å². The molecule has 0 atom stereocenters. The Morgan fingerprint density at radius 1 is 1.47 bits per heavy atom. The van der Waals surface area contributed by atoms with Crippen molar-refractivity contribution in [3.63, 3.8) is 0 Å². The van der Waals surface area contributed by atoms with Gasteiger partial charge in [0.2, 0.25) is 5.78 Å². The van der Waals surface area contributed by atoms with E-state index in [0.717, 1.165) is 38.8 Å². The summed E-state index contributed by atoms with van der Waals surface area (Å²) < 4.78 is 5.45. The highest BCUT2D eigenvalue weighted by Gasteiger charge is 2.37. The fourth-order valence-electron chi connectivity index (χ4n) is 2.22. The van der Waals surface area contributed by atoms with Gasteiger partial charge in [-0.25, -0.2) is 0 Å². The van der Waals surface area contributed by atoms with Crippen molar-refractivity contribution in [2.45, 2.75) is 32.6 Å². The predicted octanol–water partition coefficient (Wildman–Crippen LogP) is 1.64. The number of piperidine rings is 1. The minimum absolute atomic E-state index is 0.200. The summed E-state index contributed by atoms with van der Waals surface area (Å²) in [7, 11) is 0. The van der Waals surface area contributed by atoms with E-state index in [1.54, 1.807) is 0 Å². The number of carbonyl (C=O) groups excluding carboxylic acids is 1. The Morgan fingerprint density at radius 3 is 2.80 bits per heavy atom. The molecule has 3 nitrogen and oxygen atoms in total. The molecule has 0 aromatic rings. The zero-order valence-electron chi connectivity index (χ0n) is 9.34. The first-order valence-electron chi connectivity index (χ1n) is 5.81. The van der Waals surface area contributed by atoms with Crippen molar-refractivity contribution in [3.05, 3.63) is 11.8 Å². The maximum atomic E-state index is 12.3. The van der Waals surface area contributed by atoms with Crippen LogP contribution in [-0.4, -0.2) is 25.5 Å². The average molecular weight is 209 g/mol. The van der Waals surface area contributed by atoms with Crippen LogP contribution in [0.5, 0.6) is 0 Å². The number of hydrogen-bond donors (Lipinski definition) is 1. The fraction of sp³-hybridized carbons (Fsp3) is 0.750. The first-order chi connectivity index (χ1) is 7.22. The van der Waals surface area contributed by atoms with Crippen molar-refractivity contribution in [2.75, 3.05) is 19.7 Å². The Kier molecular flexibility index (Phi) is 3.10. The van der Waals surface area contributed by atoms with Crippen LogP contribution in [0.1, 0.15) is 32.6 Å². The molecular formula is C12H19NO2. The zero-order chi connectivity index (χ0) is 10.7. The molecule has 1 fully saturated rings. The van der Waals surface area contributed by atoms with Gasteiger partial charge in [0.25, 0.3) is 0 Å². The summed E-state index contributed by atoms with van der Waals surface area (Å²) >= 11 is 0. The summed E-state index contributed by atoms with van der Waals surface area (Å²) in [4.78, 5) is 12.3. The molecule has 2 aliphatic rings. The molecule has 0 spiro atoms. The van der Waals surface area contributed by atoms with E-state index in [1.807, 2.05) is 6.08 Å². The van der Waals surface area contributed by atoms with E-state index in [4.69, 9.17) is 4.74 Å². The number of rotatable bonds is 2. The van der Waals surface area contributed by atoms with Crippen LogP contribution in [0.15, 0.2) is 11.8 Å². The highest BCUT2D eigenvalue weighted by molar-refractivity contribution is 5.98. The Labute approximate surface area is 90.9 Å². The second-order valence-corrected chi connectivity index (χ2v) is 4.70. The first kappa shape index (κ1) is 10.7. The van der Waals surface area contributed by atoms with E-state index in [-0.39, 0.29) is 11.2 Å². The van der Waals surface area contributed by atoms with Crippen LogP contribution in [0.2, 0.25) is 0 Å². The van der Waals surface area contributed by atoms with Gasteiger partial charge in [0.05, 0.1) is 6.61 Å². The summed E-state index contributed by atoms with van der Waals surface area (Å²) in [5, 5.41) is 3.29. The Balaban J connectivity index is 2.08. The lowest BCUT2D eigenvalue weighted by Crippen LogP contribution is -2.41. The van der Waals surface area contributed by atoms with Crippen LogP contribution in [0, 0.1) is 5.41 Å². The second kappa shape index (κ2) is 4.35. The van der Waals surface area contributed by atoms with Gasteiger partial charge >= 0.3 is 0 Å². The lowest BCUT2D eigenvalue weighted by Gasteiger charge is -2.33. The molecular weight excluding hydrogens is 190 g/mol. The van der Waals surface area contributed by atoms with Crippen molar-refractivity contribution < 1.29 is 9.53 Å². The molecule has 2 rings (SSSR count). The molecule has 2 aliphatic heterocycles. The number of ether oxygens (including phenoxy) is 1. The standard InChI is InChI=1S/C12H19NO2/c1-12(5-7-13-8-6-12)11(14)10-4-2-3-9-15-10/h4,13H,2-3,5-9H2,1H3. The average Bonchev–Trinajstić information content (AvgIpc) is 2.30. The molecule has 0 saturated carbocycles. The molecule has 0 unspecified atom stereocenters. The van der Waals surface area contributed by atoms with Crippen LogP contribution in [0.3, 0.4) is 0 Å². The van der Waals surface area contributed by atoms with E-state index in [1.165, 1.54) is 0 Å². The number of Topliss-reactive ketones (excluding diaryl/α,β-unsaturated/α-hetero) is 1. The van der Waals surface area contributed by atoms with Crippen LogP contribution < -0.4 is 5.32 Å². The molecule has 0 amide bonds. The zero-order valence-corrected chi connectivity index (χ0v) is 9.34. The third kappa shape index (κ3) is 2.23. The topological polar surface area (TPSA) is 38.3 Å². The third-order valence-corrected chi connectivity index (χ3v) is 3.41. The quantitative estimate of drug-likeness (QED) is 0.751. The van der Waals surface area contributed by atoms with Crippen molar-refractivity contribution in [3.8, 4) is 0 Å². The minimum atomic E-state index is -0.200. The second-order valence-electron chi connectivity index (χ2n) is 4.70. The van der Waals surface area contributed by atoms with E-state index in [0.29, 0.717) is 12.4 Å². The number of allylic oxidation sites excluding steroid dienone is 2. The summed E-state index contributed by atoms with van der Waals surface area (Å²) in [5.74, 6) is 0.828. The summed E-state index contributed by atoms with van der Waals surface area (Å²) in [6, 6.07) is 0. The Morgan fingerprint density at radius 2 is 2.20 bits per heavy atom. The largest absolute Gasteiger partial charge is 0.490 e. The van der Waals surface area contributed by atoms with Gasteiger partial charge in [-0.1, -0.05) is 6.92 Å². The first-order valence-corrected chi connectivity index (χ1v) is 5.81. The van der Waals surface area contributed by atoms with Crippen molar-refractivity contribution in [2.24, 2.45) is 5.41 Å². The molecule has 0 aliphatic carbocycles. The SMILES string of the molecule is CC1(C(=O)C2=CCCCO2)CCNCC1. The molecule has 3 heteroatoms. The Bertz CT molecular complexity index is 277. The Hall–Kier alpha value is -0.830. The number of nitrogens with one attached hydrogen (secondary N) is 1. The maximum Gasteiger partial charge on any atom is 0.202 e. The van der Waals surface area contributed by atoms with Gasteiger partial charge in [0, 0.05) is 5.41 Å². The van der Waals surface area contributed by atoms with Crippen molar-refractivity contribution >= 4 is 5.78 Å². The van der Waals surface area contributed by atoms with E-state index >= 15 is 0 Å². The predicted molar refractivity (Wildman–Crippen MR) is 58.5 cm³/mol. The summed E-state index contributed by atoms with van der Waals surface area (Å²) in [6.07, 6.45) is 5.82. The van der Waals surface area contributed by atoms with Gasteiger partial charge in [-0.3, -0.25) is 4.79 Å². The van der Waals surface area contributed by atoms with Gasteiger partial charge in [-0.15, -0.1) is 0 Å². The molecule has 0 aromatic carbocycles. The van der Waals surface area contributed by atoms with Crippen LogP contribution in [-0.2, 0) is 9.53 Å². The van der Waals surface area contributed by atoms with Crippen molar-refractivity contribution in [1.82, 2.24) is 5.32 Å². The summed E-state index contributed by atoms with van der Waals surface area (Å²) in [6.45, 7) is 4.64. The fourth-order valence-corrected chi connectivity index (χ4v) is 2.22. The monoisotopic (exact) mass is 209 g/mol. The van der Waals surface area contributed by atoms with Gasteiger partial charge in [-0.2, -0.15) is 0 Å². The number of hydrogen-bond acceptors (Lipinski definition) is 3. The van der Waals surface area contributed by atoms with Crippen LogP contribution >= 0.6 is 0 Å². The molecule has 0 radical (unpaired) electrons. The highest BCUT2D eigenvalue weighted by atomic mass is 16.5. The summed E-state index contributed by atoms with van der Waals surface area (Å²) in [5.41, 5.74) is -0.200. The third-order valence-electron chi connectivity index (χ3n) is 3.41. The highest BCUT2D eigenvalue weighted by Crippen LogP contribution is 2.33. The molecule has 15 heavy (non-hydrogen) atoms. The van der Waals surface area contributed by atoms with E-state index < -0.39 is 0 Å². The maximum absolute atomic E-state index is 12.3. The van der Waals surface area contributed by atoms with Gasteiger partial charge in [0.15, 0.2) is 5.76 Å². The minimum Gasteiger partial charge on any atom is -0.490 e. The lowest BCUT2D eigenvalue weighted by molar-refractivity contribution is -0.129. The van der Waals surface area contributed by atoms with Gasteiger partial charge < -0.3 is 10.1 Å². The molecule has 0 aromatic heterocycles. The number of ketones is 1. The molecule has 2 heterocycles. The molecule has 1 saturated heterocycles. The molecule has 84 valence electrons. The van der Waals surface area contributed by atoms with Crippen LogP contribution in [0.4, 0.5) is 0 Å². The van der Waals surface area contributed by atoms with Crippen LogP contribution in [0.25, 0.3) is 0 Å². The van der Waals surface area contributed by atoms with Crippen molar-refractivity contribution in [1.29, 1.82) is 0 Å². The smallest absolute Gasteiger partial charge is 0.202 e. The number of carbonyl (C=O) groups is 1. The van der Waals surface area contributed by atoms with E-state index in [9.17, 15) is 4.79 Å². The molecule has 1 N–H and O–H groups in total. The molecule has 0 bridgehead atoms. The van der Waals surface area contributed by atoms with Gasteiger partial charge in [0.1, 0.15) is 0 Å². The normalized spacial score (nSPS) is 25.3. The van der Waals surface area contributed by atoms with E-state index in [2.05, 4.69) is 12.2 Å². The lowest BCUT2D eigenvalue weighted by atomic mass is 9.76.